The molecule has 6 heteroatoms. The van der Waals surface area contributed by atoms with Gasteiger partial charge in [0, 0.05) is 24.6 Å². The van der Waals surface area contributed by atoms with E-state index in [1.54, 1.807) is 0 Å². The molecule has 0 saturated carbocycles. The number of rotatable bonds is 3. The lowest BCUT2D eigenvalue weighted by molar-refractivity contribution is 0.0767. The summed E-state index contributed by atoms with van der Waals surface area (Å²) in [4.78, 5) is 14.0. The van der Waals surface area contributed by atoms with Gasteiger partial charge in [0.25, 0.3) is 5.91 Å². The predicted octanol–water partition coefficient (Wildman–Crippen LogP) is 1.13. The molecule has 1 amide bonds. The zero-order valence-electron chi connectivity index (χ0n) is 10.0. The van der Waals surface area contributed by atoms with Crippen molar-refractivity contribution in [1.82, 2.24) is 15.1 Å². The Hall–Kier alpha value is -1.17. The number of carbonyl (C=O) groups excluding carboxylic acids is 1. The zero-order chi connectivity index (χ0) is 12.3. The normalized spacial score (nSPS) is 16.2. The van der Waals surface area contributed by atoms with Gasteiger partial charge in [0.2, 0.25) is 0 Å². The van der Waals surface area contributed by atoms with E-state index in [2.05, 4.69) is 17.1 Å². The van der Waals surface area contributed by atoms with E-state index in [1.807, 2.05) is 16.7 Å². The standard InChI is InChI=1S/C11H18N4OS/c1-2-3-8-9(12)10(14-13-8)11(16)15-4-6-17-7-5-15/h2-7,12H2,1H3,(H,13,14). The van der Waals surface area contributed by atoms with Crippen molar-refractivity contribution < 1.29 is 4.79 Å². The summed E-state index contributed by atoms with van der Waals surface area (Å²) in [6.07, 6.45) is 1.82. The summed E-state index contributed by atoms with van der Waals surface area (Å²) >= 11 is 1.88. The van der Waals surface area contributed by atoms with Crippen LogP contribution < -0.4 is 5.73 Å². The van der Waals surface area contributed by atoms with Crippen molar-refractivity contribution in [2.45, 2.75) is 19.8 Å². The Morgan fingerprint density at radius 2 is 2.24 bits per heavy atom. The molecular weight excluding hydrogens is 236 g/mol. The van der Waals surface area contributed by atoms with E-state index < -0.39 is 0 Å². The molecule has 94 valence electrons. The number of aromatic nitrogens is 2. The van der Waals surface area contributed by atoms with Crippen LogP contribution in [-0.2, 0) is 6.42 Å². The van der Waals surface area contributed by atoms with Gasteiger partial charge in [-0.1, -0.05) is 13.3 Å². The first-order valence-electron chi connectivity index (χ1n) is 5.93. The lowest BCUT2D eigenvalue weighted by atomic mass is 10.2. The molecule has 1 aliphatic rings. The number of nitrogens with zero attached hydrogens (tertiary/aromatic N) is 2. The Labute approximate surface area is 105 Å². The number of hydrogen-bond donors (Lipinski definition) is 2. The second-order valence-corrected chi connectivity index (χ2v) is 5.34. The van der Waals surface area contributed by atoms with Gasteiger partial charge < -0.3 is 10.6 Å². The van der Waals surface area contributed by atoms with E-state index in [4.69, 9.17) is 5.73 Å². The lowest BCUT2D eigenvalue weighted by Crippen LogP contribution is -2.38. The molecule has 0 spiro atoms. The number of anilines is 1. The summed E-state index contributed by atoms with van der Waals surface area (Å²) in [6, 6.07) is 0. The van der Waals surface area contributed by atoms with Gasteiger partial charge in [-0.2, -0.15) is 16.9 Å². The average Bonchev–Trinajstić information content (AvgIpc) is 2.72. The highest BCUT2D eigenvalue weighted by Crippen LogP contribution is 2.19. The van der Waals surface area contributed by atoms with Crippen LogP contribution in [-0.4, -0.2) is 45.6 Å². The molecule has 0 aliphatic carbocycles. The maximum Gasteiger partial charge on any atom is 0.276 e. The summed E-state index contributed by atoms with van der Waals surface area (Å²) in [7, 11) is 0. The van der Waals surface area contributed by atoms with E-state index in [9.17, 15) is 4.79 Å². The first-order valence-corrected chi connectivity index (χ1v) is 7.09. The van der Waals surface area contributed by atoms with Crippen LogP contribution in [0, 0.1) is 0 Å². The number of H-pyrrole nitrogens is 1. The van der Waals surface area contributed by atoms with Gasteiger partial charge in [-0.3, -0.25) is 9.89 Å². The monoisotopic (exact) mass is 254 g/mol. The topological polar surface area (TPSA) is 75.0 Å². The van der Waals surface area contributed by atoms with E-state index >= 15 is 0 Å². The molecule has 3 N–H and O–H groups in total. The van der Waals surface area contributed by atoms with Crippen molar-refractivity contribution >= 4 is 23.4 Å². The molecule has 0 aromatic carbocycles. The summed E-state index contributed by atoms with van der Waals surface area (Å²) in [6.45, 7) is 3.65. The molecule has 1 fully saturated rings. The first-order chi connectivity index (χ1) is 8.24. The molecule has 2 rings (SSSR count). The van der Waals surface area contributed by atoms with Gasteiger partial charge in [0.05, 0.1) is 11.4 Å². The van der Waals surface area contributed by atoms with Gasteiger partial charge in [-0.05, 0) is 6.42 Å². The molecular formula is C11H18N4OS. The minimum atomic E-state index is -0.0404. The number of amides is 1. The first kappa shape index (κ1) is 12.3. The summed E-state index contributed by atoms with van der Waals surface area (Å²) in [5.41, 5.74) is 7.74. The number of nitrogen functional groups attached to an aromatic ring is 1. The third kappa shape index (κ3) is 2.57. The maximum absolute atomic E-state index is 12.2. The number of thioether (sulfide) groups is 1. The summed E-state index contributed by atoms with van der Waals surface area (Å²) in [5, 5.41) is 6.93. The predicted molar refractivity (Wildman–Crippen MR) is 70.2 cm³/mol. The van der Waals surface area contributed by atoms with Crippen LogP contribution in [0.1, 0.15) is 29.5 Å². The van der Waals surface area contributed by atoms with E-state index in [1.165, 1.54) is 0 Å². The van der Waals surface area contributed by atoms with Crippen molar-refractivity contribution in [3.05, 3.63) is 11.4 Å². The fraction of sp³-hybridized carbons (Fsp3) is 0.636. The Morgan fingerprint density at radius 1 is 1.53 bits per heavy atom. The molecule has 17 heavy (non-hydrogen) atoms. The number of aryl methyl sites for hydroxylation is 1. The minimum absolute atomic E-state index is 0.0404. The van der Waals surface area contributed by atoms with E-state index in [0.717, 1.165) is 43.1 Å². The molecule has 2 heterocycles. The second-order valence-electron chi connectivity index (χ2n) is 4.12. The molecule has 1 aromatic heterocycles. The Bertz CT molecular complexity index is 398. The van der Waals surface area contributed by atoms with Crippen LogP contribution in [0.15, 0.2) is 0 Å². The van der Waals surface area contributed by atoms with Crippen molar-refractivity contribution in [3.63, 3.8) is 0 Å². The molecule has 0 bridgehead atoms. The minimum Gasteiger partial charge on any atom is -0.395 e. The smallest absolute Gasteiger partial charge is 0.276 e. The molecule has 1 aromatic rings. The third-order valence-corrected chi connectivity index (χ3v) is 3.83. The lowest BCUT2D eigenvalue weighted by Gasteiger charge is -2.25. The van der Waals surface area contributed by atoms with Crippen molar-refractivity contribution in [3.8, 4) is 0 Å². The van der Waals surface area contributed by atoms with Gasteiger partial charge in [-0.15, -0.1) is 0 Å². The highest BCUT2D eigenvalue weighted by Gasteiger charge is 2.23. The largest absolute Gasteiger partial charge is 0.395 e. The van der Waals surface area contributed by atoms with Crippen LogP contribution in [0.25, 0.3) is 0 Å². The highest BCUT2D eigenvalue weighted by molar-refractivity contribution is 7.99. The van der Waals surface area contributed by atoms with Crippen LogP contribution in [0.2, 0.25) is 0 Å². The zero-order valence-corrected chi connectivity index (χ0v) is 10.8. The number of nitrogens with two attached hydrogens (primary N) is 1. The van der Waals surface area contributed by atoms with Crippen molar-refractivity contribution in [1.29, 1.82) is 0 Å². The average molecular weight is 254 g/mol. The Balaban J connectivity index is 2.13. The number of aromatic amines is 1. The van der Waals surface area contributed by atoms with Crippen molar-refractivity contribution in [2.75, 3.05) is 30.3 Å². The second kappa shape index (κ2) is 5.44. The van der Waals surface area contributed by atoms with Gasteiger partial charge in [-0.25, -0.2) is 0 Å². The number of carbonyl (C=O) groups is 1. The Kier molecular flexibility index (Phi) is 3.93. The molecule has 1 saturated heterocycles. The van der Waals surface area contributed by atoms with E-state index in [0.29, 0.717) is 11.4 Å². The summed E-state index contributed by atoms with van der Waals surface area (Å²) < 4.78 is 0. The fourth-order valence-corrected chi connectivity index (χ4v) is 2.81. The van der Waals surface area contributed by atoms with Gasteiger partial charge in [0.15, 0.2) is 5.69 Å². The molecule has 0 atom stereocenters. The van der Waals surface area contributed by atoms with Crippen LogP contribution >= 0.6 is 11.8 Å². The maximum atomic E-state index is 12.2. The van der Waals surface area contributed by atoms with Crippen LogP contribution in [0.5, 0.6) is 0 Å². The molecule has 0 radical (unpaired) electrons. The van der Waals surface area contributed by atoms with Crippen LogP contribution in [0.4, 0.5) is 5.69 Å². The molecule has 5 nitrogen and oxygen atoms in total. The van der Waals surface area contributed by atoms with Gasteiger partial charge >= 0.3 is 0 Å². The fourth-order valence-electron chi connectivity index (χ4n) is 1.91. The van der Waals surface area contributed by atoms with E-state index in [-0.39, 0.29) is 5.91 Å². The number of nitrogens with one attached hydrogen (secondary N) is 1. The van der Waals surface area contributed by atoms with Gasteiger partial charge in [0.1, 0.15) is 0 Å². The van der Waals surface area contributed by atoms with Crippen LogP contribution in [0.3, 0.4) is 0 Å². The highest BCUT2D eigenvalue weighted by atomic mass is 32.2. The summed E-state index contributed by atoms with van der Waals surface area (Å²) in [5.74, 6) is 1.96. The Morgan fingerprint density at radius 3 is 2.88 bits per heavy atom. The third-order valence-electron chi connectivity index (χ3n) is 2.88. The quantitative estimate of drug-likeness (QED) is 0.848. The molecule has 1 aliphatic heterocycles. The molecule has 0 unspecified atom stereocenters. The van der Waals surface area contributed by atoms with Crippen molar-refractivity contribution in [2.24, 2.45) is 0 Å². The number of hydrogen-bond acceptors (Lipinski definition) is 4. The SMILES string of the molecule is CCCc1[nH]nc(C(=O)N2CCSCC2)c1N.